The van der Waals surface area contributed by atoms with E-state index in [1.807, 2.05) is 32.9 Å². The van der Waals surface area contributed by atoms with Crippen LogP contribution in [0.4, 0.5) is 0 Å². The van der Waals surface area contributed by atoms with Crippen LogP contribution >= 0.6 is 0 Å². The number of rotatable bonds is 7. The Kier molecular flexibility index (Phi) is 6.12. The zero-order valence-electron chi connectivity index (χ0n) is 18.0. The monoisotopic (exact) mass is 424 g/mol. The van der Waals surface area contributed by atoms with Crippen molar-refractivity contribution in [3.05, 3.63) is 71.8 Å². The van der Waals surface area contributed by atoms with E-state index < -0.39 is 36.0 Å². The van der Waals surface area contributed by atoms with Crippen molar-refractivity contribution in [2.45, 2.75) is 63.8 Å². The SMILES string of the molecule is CC[C@@H](C)OC12OC(C)[C@H](OC(=O)c3ccccc3)CC1[C@@H]2OC(=O)c1ccccc1. The van der Waals surface area contributed by atoms with Crippen LogP contribution < -0.4 is 0 Å². The van der Waals surface area contributed by atoms with Gasteiger partial charge in [-0.2, -0.15) is 0 Å². The fraction of sp³-hybridized carbons (Fsp3) is 0.440. The zero-order chi connectivity index (χ0) is 22.0. The molecule has 2 fully saturated rings. The number of hydrogen-bond acceptors (Lipinski definition) is 6. The topological polar surface area (TPSA) is 71.1 Å². The second kappa shape index (κ2) is 8.81. The molecule has 31 heavy (non-hydrogen) atoms. The highest BCUT2D eigenvalue weighted by Gasteiger charge is 2.75. The van der Waals surface area contributed by atoms with E-state index >= 15 is 0 Å². The molecule has 3 unspecified atom stereocenters. The molecule has 2 aliphatic rings. The molecule has 4 rings (SSSR count). The van der Waals surface area contributed by atoms with Crippen LogP contribution in [-0.4, -0.2) is 42.1 Å². The van der Waals surface area contributed by atoms with Crippen LogP contribution in [0.25, 0.3) is 0 Å². The van der Waals surface area contributed by atoms with Crippen LogP contribution in [0.2, 0.25) is 0 Å². The van der Waals surface area contributed by atoms with Gasteiger partial charge in [-0.3, -0.25) is 0 Å². The zero-order valence-corrected chi connectivity index (χ0v) is 18.0. The summed E-state index contributed by atoms with van der Waals surface area (Å²) >= 11 is 0. The molecule has 0 bridgehead atoms. The molecule has 1 aliphatic heterocycles. The highest BCUT2D eigenvalue weighted by Crippen LogP contribution is 2.58. The lowest BCUT2D eigenvalue weighted by Gasteiger charge is -2.34. The fourth-order valence-corrected chi connectivity index (χ4v) is 4.05. The molecule has 2 aromatic carbocycles. The molecular weight excluding hydrogens is 396 g/mol. The predicted molar refractivity (Wildman–Crippen MR) is 114 cm³/mol. The first-order chi connectivity index (χ1) is 14.9. The van der Waals surface area contributed by atoms with Crippen molar-refractivity contribution in [1.82, 2.24) is 0 Å². The number of fused-ring (bicyclic) bond motifs is 1. The van der Waals surface area contributed by atoms with Gasteiger partial charge in [-0.1, -0.05) is 43.3 Å². The summed E-state index contributed by atoms with van der Waals surface area (Å²) in [4.78, 5) is 25.2. The molecule has 1 aliphatic carbocycles. The Labute approximate surface area is 182 Å². The Morgan fingerprint density at radius 3 is 2.10 bits per heavy atom. The molecule has 0 aromatic heterocycles. The van der Waals surface area contributed by atoms with Crippen molar-refractivity contribution in [3.8, 4) is 0 Å². The van der Waals surface area contributed by atoms with Gasteiger partial charge in [-0.15, -0.1) is 0 Å². The van der Waals surface area contributed by atoms with E-state index in [9.17, 15) is 9.59 Å². The van der Waals surface area contributed by atoms with Crippen LogP contribution in [0.15, 0.2) is 60.7 Å². The molecule has 0 N–H and O–H groups in total. The van der Waals surface area contributed by atoms with Crippen molar-refractivity contribution < 1.29 is 28.5 Å². The summed E-state index contributed by atoms with van der Waals surface area (Å²) in [5.74, 6) is -2.00. The molecule has 164 valence electrons. The maximum Gasteiger partial charge on any atom is 0.338 e. The number of hydrogen-bond donors (Lipinski definition) is 0. The Bertz CT molecular complexity index is 914. The molecule has 2 aromatic rings. The number of benzene rings is 2. The van der Waals surface area contributed by atoms with E-state index in [1.165, 1.54) is 0 Å². The maximum atomic E-state index is 12.6. The van der Waals surface area contributed by atoms with Crippen molar-refractivity contribution in [2.75, 3.05) is 0 Å². The Balaban J connectivity index is 1.48. The van der Waals surface area contributed by atoms with E-state index in [1.54, 1.807) is 48.5 Å². The summed E-state index contributed by atoms with van der Waals surface area (Å²) in [6, 6.07) is 17.7. The van der Waals surface area contributed by atoms with E-state index in [4.69, 9.17) is 18.9 Å². The molecule has 0 spiro atoms. The fourth-order valence-electron chi connectivity index (χ4n) is 4.05. The number of carbonyl (C=O) groups excluding carboxylic acids is 2. The Morgan fingerprint density at radius 2 is 1.55 bits per heavy atom. The lowest BCUT2D eigenvalue weighted by atomic mass is 10.0. The van der Waals surface area contributed by atoms with Gasteiger partial charge in [-0.25, -0.2) is 9.59 Å². The minimum Gasteiger partial charge on any atom is -0.456 e. The third-order valence-corrected chi connectivity index (χ3v) is 6.02. The van der Waals surface area contributed by atoms with Crippen LogP contribution in [0.3, 0.4) is 0 Å². The Morgan fingerprint density at radius 1 is 1.00 bits per heavy atom. The minimum atomic E-state index is -0.991. The third-order valence-electron chi connectivity index (χ3n) is 6.02. The lowest BCUT2D eigenvalue weighted by Crippen LogP contribution is -2.44. The summed E-state index contributed by atoms with van der Waals surface area (Å²) in [5, 5.41) is 0. The smallest absolute Gasteiger partial charge is 0.338 e. The molecule has 6 nitrogen and oxygen atoms in total. The quantitative estimate of drug-likeness (QED) is 0.614. The molecule has 0 amide bonds. The summed E-state index contributed by atoms with van der Waals surface area (Å²) in [6.45, 7) is 5.85. The van der Waals surface area contributed by atoms with Crippen molar-refractivity contribution >= 4 is 11.9 Å². The normalized spacial score (nSPS) is 30.0. The highest BCUT2D eigenvalue weighted by molar-refractivity contribution is 5.90. The third kappa shape index (κ3) is 4.36. The van der Waals surface area contributed by atoms with Crippen LogP contribution in [0, 0.1) is 5.92 Å². The first-order valence-corrected chi connectivity index (χ1v) is 10.8. The van der Waals surface area contributed by atoms with Gasteiger partial charge in [0.25, 0.3) is 0 Å². The van der Waals surface area contributed by atoms with Gasteiger partial charge in [0, 0.05) is 0 Å². The Hall–Kier alpha value is -2.70. The van der Waals surface area contributed by atoms with Gasteiger partial charge < -0.3 is 18.9 Å². The largest absolute Gasteiger partial charge is 0.456 e. The summed E-state index contributed by atoms with van der Waals surface area (Å²) in [6.07, 6.45) is -0.142. The molecule has 6 heteroatoms. The predicted octanol–water partition coefficient (Wildman–Crippen LogP) is 4.39. The summed E-state index contributed by atoms with van der Waals surface area (Å²) in [5.41, 5.74) is 0.968. The van der Waals surface area contributed by atoms with E-state index in [-0.39, 0.29) is 12.0 Å². The molecule has 0 radical (unpaired) electrons. The first kappa shape index (κ1) is 21.5. The molecule has 1 saturated carbocycles. The van der Waals surface area contributed by atoms with Gasteiger partial charge in [0.2, 0.25) is 5.79 Å². The van der Waals surface area contributed by atoms with E-state index in [0.29, 0.717) is 17.5 Å². The standard InChI is InChI=1S/C25H28O6/c1-4-16(2)30-25-20(22(25)29-24(27)19-13-9-6-10-14-19)15-21(17(3)31-25)28-23(26)18-11-7-5-8-12-18/h5-14,16-17,20-22H,4,15H2,1-3H3/t16-,17?,20?,21-,22+,25?/m1/s1. The van der Waals surface area contributed by atoms with Gasteiger partial charge in [0.05, 0.1) is 29.3 Å². The second-order valence-electron chi connectivity index (χ2n) is 8.23. The number of esters is 2. The average molecular weight is 424 g/mol. The molecule has 1 heterocycles. The van der Waals surface area contributed by atoms with Gasteiger partial charge in [0.1, 0.15) is 6.10 Å². The maximum absolute atomic E-state index is 12.6. The first-order valence-electron chi connectivity index (χ1n) is 10.8. The van der Waals surface area contributed by atoms with Crippen LogP contribution in [0.5, 0.6) is 0 Å². The molecule has 1 saturated heterocycles. The average Bonchev–Trinajstić information content (AvgIpc) is 3.38. The second-order valence-corrected chi connectivity index (χ2v) is 8.23. The van der Waals surface area contributed by atoms with Gasteiger partial charge >= 0.3 is 11.9 Å². The summed E-state index contributed by atoms with van der Waals surface area (Å²) in [7, 11) is 0. The molecular formula is C25H28O6. The van der Waals surface area contributed by atoms with Crippen molar-refractivity contribution in [3.63, 3.8) is 0 Å². The minimum absolute atomic E-state index is 0.0569. The van der Waals surface area contributed by atoms with Gasteiger partial charge in [0.15, 0.2) is 6.10 Å². The number of ether oxygens (including phenoxy) is 4. The van der Waals surface area contributed by atoms with Crippen molar-refractivity contribution in [1.29, 1.82) is 0 Å². The van der Waals surface area contributed by atoms with Crippen LogP contribution in [0.1, 0.15) is 54.3 Å². The van der Waals surface area contributed by atoms with E-state index in [2.05, 4.69) is 0 Å². The van der Waals surface area contributed by atoms with Crippen molar-refractivity contribution in [2.24, 2.45) is 5.92 Å². The number of carbonyl (C=O) groups is 2. The van der Waals surface area contributed by atoms with Crippen LogP contribution in [-0.2, 0) is 18.9 Å². The lowest BCUT2D eigenvalue weighted by molar-refractivity contribution is -0.261. The summed E-state index contributed by atoms with van der Waals surface area (Å²) < 4.78 is 24.0. The molecule has 6 atom stereocenters. The van der Waals surface area contributed by atoms with Gasteiger partial charge in [-0.05, 0) is 51.0 Å². The highest BCUT2D eigenvalue weighted by atomic mass is 16.8. The van der Waals surface area contributed by atoms with E-state index in [0.717, 1.165) is 6.42 Å².